The molecule has 0 aromatic carbocycles. The molecule has 0 amide bonds. The molecule has 0 atom stereocenters. The summed E-state index contributed by atoms with van der Waals surface area (Å²) in [5.41, 5.74) is 7.48. The minimum absolute atomic E-state index is 0. The van der Waals surface area contributed by atoms with Gasteiger partial charge in [-0.25, -0.2) is 0 Å². The Morgan fingerprint density at radius 2 is 2.13 bits per heavy atom. The molecule has 0 saturated heterocycles. The van der Waals surface area contributed by atoms with Gasteiger partial charge in [-0.2, -0.15) is 0 Å². The van der Waals surface area contributed by atoms with E-state index in [0.717, 1.165) is 0 Å². The van der Waals surface area contributed by atoms with Crippen LogP contribution in [-0.2, 0) is 13.2 Å². The molecule has 5 nitrogen and oxygen atoms in total. The van der Waals surface area contributed by atoms with Crippen molar-refractivity contribution in [2.75, 3.05) is 7.05 Å². The summed E-state index contributed by atoms with van der Waals surface area (Å²) >= 11 is 0. The molecular weight excluding hydrogens is 218 g/mol. The summed E-state index contributed by atoms with van der Waals surface area (Å²) in [7, 11) is 1.74. The summed E-state index contributed by atoms with van der Waals surface area (Å²) in [4.78, 5) is 3.96. The fourth-order valence-electron chi connectivity index (χ4n) is 1.19. The lowest BCUT2D eigenvalue weighted by molar-refractivity contribution is 0.278. The monoisotopic (exact) mass is 233 g/mol. The van der Waals surface area contributed by atoms with Gasteiger partial charge in [0.25, 0.3) is 0 Å². The largest absolute Gasteiger partial charge is 0.506 e. The average Bonchev–Trinajstić information content (AvgIpc) is 2.20. The van der Waals surface area contributed by atoms with Crippen molar-refractivity contribution in [1.82, 2.24) is 15.8 Å². The van der Waals surface area contributed by atoms with E-state index < -0.39 is 0 Å². The van der Waals surface area contributed by atoms with Crippen molar-refractivity contribution in [2.45, 2.75) is 20.1 Å². The highest BCUT2D eigenvalue weighted by atomic mass is 35.5. The number of aliphatic hydroxyl groups is 1. The average molecular weight is 234 g/mol. The predicted molar refractivity (Wildman–Crippen MR) is 59.7 cm³/mol. The maximum absolute atomic E-state index is 9.69. The number of aromatic hydroxyl groups is 1. The summed E-state index contributed by atoms with van der Waals surface area (Å²) in [6, 6.07) is 0. The lowest BCUT2D eigenvalue weighted by atomic mass is 10.1. The van der Waals surface area contributed by atoms with Gasteiger partial charge in [0.05, 0.1) is 12.3 Å². The highest BCUT2D eigenvalue weighted by Gasteiger charge is 2.10. The zero-order chi connectivity index (χ0) is 10.6. The maximum atomic E-state index is 9.69. The Balaban J connectivity index is 0.00000196. The third-order valence-corrected chi connectivity index (χ3v) is 2.04. The van der Waals surface area contributed by atoms with Crippen molar-refractivity contribution in [3.05, 3.63) is 23.0 Å². The molecule has 0 saturated carbocycles. The zero-order valence-corrected chi connectivity index (χ0v) is 9.56. The van der Waals surface area contributed by atoms with E-state index in [1.54, 1.807) is 20.2 Å². The molecule has 0 aliphatic rings. The molecule has 1 aromatic heterocycles. The van der Waals surface area contributed by atoms with Crippen LogP contribution < -0.4 is 10.9 Å². The van der Waals surface area contributed by atoms with Crippen LogP contribution in [0.5, 0.6) is 5.75 Å². The minimum atomic E-state index is -0.123. The first-order valence-electron chi connectivity index (χ1n) is 4.37. The van der Waals surface area contributed by atoms with Crippen LogP contribution in [0.4, 0.5) is 0 Å². The Kier molecular flexibility index (Phi) is 6.19. The van der Waals surface area contributed by atoms with Crippen LogP contribution in [0.15, 0.2) is 6.20 Å². The van der Waals surface area contributed by atoms with Crippen LogP contribution in [0.2, 0.25) is 0 Å². The Labute approximate surface area is 94.9 Å². The molecule has 1 aromatic rings. The molecule has 86 valence electrons. The molecule has 0 radical (unpaired) electrons. The fourth-order valence-corrected chi connectivity index (χ4v) is 1.19. The Bertz CT molecular complexity index is 320. The van der Waals surface area contributed by atoms with Gasteiger partial charge in [0.1, 0.15) is 5.75 Å². The van der Waals surface area contributed by atoms with Crippen molar-refractivity contribution in [1.29, 1.82) is 0 Å². The number of hydrogen-bond donors (Lipinski definition) is 4. The van der Waals surface area contributed by atoms with Gasteiger partial charge in [-0.3, -0.25) is 15.8 Å². The van der Waals surface area contributed by atoms with Gasteiger partial charge < -0.3 is 10.2 Å². The molecule has 1 rings (SSSR count). The summed E-state index contributed by atoms with van der Waals surface area (Å²) in [5.74, 6) is 0.138. The normalized spacial score (nSPS) is 9.80. The van der Waals surface area contributed by atoms with Crippen LogP contribution in [0.25, 0.3) is 0 Å². The summed E-state index contributed by atoms with van der Waals surface area (Å²) in [6.07, 6.45) is 1.57. The lowest BCUT2D eigenvalue weighted by Crippen LogP contribution is -2.27. The van der Waals surface area contributed by atoms with Crippen molar-refractivity contribution in [3.63, 3.8) is 0 Å². The number of hydrazine groups is 1. The quantitative estimate of drug-likeness (QED) is 0.561. The second kappa shape index (κ2) is 6.58. The Hall–Kier alpha value is -0.880. The van der Waals surface area contributed by atoms with Gasteiger partial charge in [-0.15, -0.1) is 12.4 Å². The zero-order valence-electron chi connectivity index (χ0n) is 8.74. The number of aliphatic hydroxyl groups excluding tert-OH is 1. The first-order valence-corrected chi connectivity index (χ1v) is 4.37. The number of aryl methyl sites for hydroxylation is 1. The summed E-state index contributed by atoms with van der Waals surface area (Å²) in [6.45, 7) is 2.04. The SMILES string of the molecule is CNNCc1c(CO)cnc(C)c1O.Cl. The van der Waals surface area contributed by atoms with Gasteiger partial charge in [0, 0.05) is 23.9 Å². The van der Waals surface area contributed by atoms with Crippen LogP contribution in [0, 0.1) is 6.92 Å². The minimum Gasteiger partial charge on any atom is -0.506 e. The van der Waals surface area contributed by atoms with Crippen LogP contribution >= 0.6 is 12.4 Å². The second-order valence-corrected chi connectivity index (χ2v) is 2.96. The fraction of sp³-hybridized carbons (Fsp3) is 0.444. The lowest BCUT2D eigenvalue weighted by Gasteiger charge is -2.11. The molecular formula is C9H16ClN3O2. The standard InChI is InChI=1S/C9H15N3O2.ClH/c1-6-9(14)8(4-12-10-2)7(5-13)3-11-6;/h3,10,12-14H,4-5H2,1-2H3;1H. The Morgan fingerprint density at radius 1 is 1.47 bits per heavy atom. The summed E-state index contributed by atoms with van der Waals surface area (Å²) < 4.78 is 0. The van der Waals surface area contributed by atoms with E-state index in [1.165, 1.54) is 0 Å². The molecule has 6 heteroatoms. The van der Waals surface area contributed by atoms with Gasteiger partial charge in [-0.05, 0) is 14.0 Å². The van der Waals surface area contributed by atoms with E-state index in [4.69, 9.17) is 5.11 Å². The van der Waals surface area contributed by atoms with Crippen LogP contribution in [0.3, 0.4) is 0 Å². The van der Waals surface area contributed by atoms with E-state index in [1.807, 2.05) is 0 Å². The van der Waals surface area contributed by atoms with E-state index in [0.29, 0.717) is 23.4 Å². The number of nitrogens with one attached hydrogen (secondary N) is 2. The molecule has 0 fully saturated rings. The number of nitrogens with zero attached hydrogens (tertiary/aromatic N) is 1. The molecule has 0 unspecified atom stereocenters. The number of hydrogen-bond acceptors (Lipinski definition) is 5. The smallest absolute Gasteiger partial charge is 0.141 e. The van der Waals surface area contributed by atoms with Crippen molar-refractivity contribution >= 4 is 12.4 Å². The molecule has 0 bridgehead atoms. The molecule has 4 N–H and O–H groups in total. The third kappa shape index (κ3) is 3.32. The number of aromatic nitrogens is 1. The number of pyridine rings is 1. The predicted octanol–water partition coefficient (Wildman–Crippen LogP) is 0.234. The van der Waals surface area contributed by atoms with Gasteiger partial charge in [0.15, 0.2) is 0 Å². The molecule has 0 aliphatic carbocycles. The van der Waals surface area contributed by atoms with Crippen LogP contribution in [0.1, 0.15) is 16.8 Å². The topological polar surface area (TPSA) is 77.4 Å². The highest BCUT2D eigenvalue weighted by Crippen LogP contribution is 2.23. The van der Waals surface area contributed by atoms with E-state index in [2.05, 4.69) is 15.8 Å². The molecule has 0 spiro atoms. The van der Waals surface area contributed by atoms with Crippen molar-refractivity contribution < 1.29 is 10.2 Å². The molecule has 0 aliphatic heterocycles. The third-order valence-electron chi connectivity index (χ3n) is 2.04. The van der Waals surface area contributed by atoms with E-state index in [9.17, 15) is 5.11 Å². The summed E-state index contributed by atoms with van der Waals surface area (Å²) in [5, 5.41) is 18.7. The van der Waals surface area contributed by atoms with E-state index >= 15 is 0 Å². The van der Waals surface area contributed by atoms with Crippen molar-refractivity contribution in [3.8, 4) is 5.75 Å². The molecule has 1 heterocycles. The number of rotatable bonds is 4. The van der Waals surface area contributed by atoms with Gasteiger partial charge >= 0.3 is 0 Å². The van der Waals surface area contributed by atoms with Crippen LogP contribution in [-0.4, -0.2) is 22.2 Å². The van der Waals surface area contributed by atoms with E-state index in [-0.39, 0.29) is 24.8 Å². The van der Waals surface area contributed by atoms with Crippen molar-refractivity contribution in [2.24, 2.45) is 0 Å². The van der Waals surface area contributed by atoms with Gasteiger partial charge in [-0.1, -0.05) is 0 Å². The first-order chi connectivity index (χ1) is 6.70. The first kappa shape index (κ1) is 14.1. The Morgan fingerprint density at radius 3 is 2.67 bits per heavy atom. The second-order valence-electron chi connectivity index (χ2n) is 2.96. The maximum Gasteiger partial charge on any atom is 0.141 e. The number of halogens is 1. The highest BCUT2D eigenvalue weighted by molar-refractivity contribution is 5.85. The van der Waals surface area contributed by atoms with Gasteiger partial charge in [0.2, 0.25) is 0 Å². The molecule has 15 heavy (non-hydrogen) atoms.